The van der Waals surface area contributed by atoms with Crippen LogP contribution >= 0.6 is 0 Å². The van der Waals surface area contributed by atoms with Gasteiger partial charge in [-0.2, -0.15) is 0 Å². The Morgan fingerprint density at radius 2 is 0.725 bits per heavy atom. The predicted octanol–water partition coefficient (Wildman–Crippen LogP) is 16.1. The zero-order valence-corrected chi connectivity index (χ0v) is 38.6. The molecule has 0 saturated carbocycles. The van der Waals surface area contributed by atoms with Crippen molar-refractivity contribution in [1.82, 2.24) is 0 Å². The van der Waals surface area contributed by atoms with E-state index in [-0.39, 0.29) is 6.71 Å². The summed E-state index contributed by atoms with van der Waals surface area (Å²) in [5.41, 5.74) is 14.0. The second-order valence-corrected chi connectivity index (χ2v) is 19.3. The highest BCUT2D eigenvalue weighted by Crippen LogP contribution is 2.50. The SMILES string of the molecule is CCc1ccc2cc3c(cc2c1)B1c2cc4cc(CC)ccc4cc2N(c2cccc4c5ccccc5c5ccccc5c24)c2cccc(c21)N3c1ccc2c3ccccc3c3ccccc3c2c1. The first kappa shape index (κ1) is 38.7. The van der Waals surface area contributed by atoms with Crippen molar-refractivity contribution in [3.63, 3.8) is 0 Å². The Morgan fingerprint density at radius 3 is 1.26 bits per heavy atom. The molecule has 2 aliphatic rings. The van der Waals surface area contributed by atoms with Crippen molar-refractivity contribution in [3.05, 3.63) is 223 Å². The molecule has 3 heteroatoms. The third-order valence-corrected chi connectivity index (χ3v) is 15.8. The second kappa shape index (κ2) is 14.6. The third kappa shape index (κ3) is 5.44. The highest BCUT2D eigenvalue weighted by Gasteiger charge is 2.44. The Bertz CT molecular complexity index is 4300. The summed E-state index contributed by atoms with van der Waals surface area (Å²) in [6.07, 6.45) is 1.99. The summed E-state index contributed by atoms with van der Waals surface area (Å²) in [7, 11) is 0. The van der Waals surface area contributed by atoms with Gasteiger partial charge < -0.3 is 9.80 Å². The predicted molar refractivity (Wildman–Crippen MR) is 299 cm³/mol. The van der Waals surface area contributed by atoms with Crippen LogP contribution in [0.5, 0.6) is 0 Å². The lowest BCUT2D eigenvalue weighted by Gasteiger charge is -2.44. The van der Waals surface area contributed by atoms with Crippen molar-refractivity contribution in [3.8, 4) is 0 Å². The van der Waals surface area contributed by atoms with Crippen LogP contribution in [0.3, 0.4) is 0 Å². The summed E-state index contributed by atoms with van der Waals surface area (Å²) in [5, 5.41) is 20.4. The van der Waals surface area contributed by atoms with E-state index < -0.39 is 0 Å². The summed E-state index contributed by atoms with van der Waals surface area (Å²) in [5.74, 6) is 0. The first-order chi connectivity index (χ1) is 34.1. The Hall–Kier alpha value is -8.40. The maximum Gasteiger partial charge on any atom is 0.252 e. The van der Waals surface area contributed by atoms with E-state index in [1.165, 1.54) is 142 Å². The molecule has 69 heavy (non-hydrogen) atoms. The van der Waals surface area contributed by atoms with Gasteiger partial charge in [0.05, 0.1) is 5.69 Å². The minimum atomic E-state index is -0.0177. The number of nitrogens with zero attached hydrogens (tertiary/aromatic N) is 2. The van der Waals surface area contributed by atoms with Gasteiger partial charge in [0.1, 0.15) is 0 Å². The second-order valence-electron chi connectivity index (χ2n) is 19.3. The minimum Gasteiger partial charge on any atom is -0.311 e. The highest BCUT2D eigenvalue weighted by atomic mass is 15.2. The largest absolute Gasteiger partial charge is 0.311 e. The van der Waals surface area contributed by atoms with Crippen LogP contribution < -0.4 is 26.2 Å². The lowest BCUT2D eigenvalue weighted by Crippen LogP contribution is -2.61. The van der Waals surface area contributed by atoms with Crippen molar-refractivity contribution in [2.24, 2.45) is 0 Å². The van der Waals surface area contributed by atoms with Gasteiger partial charge in [-0.15, -0.1) is 0 Å². The molecular formula is C66H45BN2. The van der Waals surface area contributed by atoms with Crippen molar-refractivity contribution in [2.75, 3.05) is 9.80 Å². The maximum absolute atomic E-state index is 2.63. The Morgan fingerprint density at radius 1 is 0.304 bits per heavy atom. The number of fused-ring (bicyclic) bond motifs is 18. The molecule has 0 spiro atoms. The molecule has 13 aromatic carbocycles. The van der Waals surface area contributed by atoms with Gasteiger partial charge in [-0.05, 0) is 164 Å². The van der Waals surface area contributed by atoms with E-state index >= 15 is 0 Å². The molecule has 0 saturated heterocycles. The smallest absolute Gasteiger partial charge is 0.252 e. The molecule has 0 aliphatic carbocycles. The minimum absolute atomic E-state index is 0.0177. The van der Waals surface area contributed by atoms with Gasteiger partial charge >= 0.3 is 0 Å². The summed E-state index contributed by atoms with van der Waals surface area (Å²) in [4.78, 5) is 5.22. The van der Waals surface area contributed by atoms with Crippen molar-refractivity contribution in [2.45, 2.75) is 26.7 Å². The Balaban J connectivity index is 1.08. The molecule has 15 rings (SSSR count). The molecule has 13 aromatic rings. The zero-order valence-electron chi connectivity index (χ0n) is 38.6. The van der Waals surface area contributed by atoms with Crippen LogP contribution in [-0.2, 0) is 12.8 Å². The molecule has 0 radical (unpaired) electrons. The summed E-state index contributed by atoms with van der Waals surface area (Å²) >= 11 is 0. The lowest BCUT2D eigenvalue weighted by atomic mass is 9.33. The zero-order chi connectivity index (χ0) is 45.5. The molecule has 2 heterocycles. The normalized spacial score (nSPS) is 13.1. The van der Waals surface area contributed by atoms with Crippen molar-refractivity contribution >= 4 is 143 Å². The molecule has 0 amide bonds. The monoisotopic (exact) mass is 876 g/mol. The highest BCUT2D eigenvalue weighted by molar-refractivity contribution is 7.00. The van der Waals surface area contributed by atoms with Crippen LogP contribution in [0.2, 0.25) is 0 Å². The molecule has 0 aromatic heterocycles. The van der Waals surface area contributed by atoms with Gasteiger partial charge in [0.25, 0.3) is 6.71 Å². The van der Waals surface area contributed by atoms with Crippen LogP contribution in [0.15, 0.2) is 212 Å². The molecule has 2 aliphatic heterocycles. The molecule has 0 atom stereocenters. The summed E-state index contributed by atoms with van der Waals surface area (Å²) in [6, 6.07) is 81.2. The fraction of sp³-hybridized carbons (Fsp3) is 0.0606. The summed E-state index contributed by atoms with van der Waals surface area (Å²) < 4.78 is 0. The molecule has 0 N–H and O–H groups in total. The topological polar surface area (TPSA) is 6.48 Å². The number of benzene rings is 13. The molecule has 2 nitrogen and oxygen atoms in total. The van der Waals surface area contributed by atoms with Crippen LogP contribution in [0.25, 0.3) is 86.2 Å². The van der Waals surface area contributed by atoms with E-state index in [4.69, 9.17) is 0 Å². The van der Waals surface area contributed by atoms with Gasteiger partial charge in [-0.1, -0.05) is 184 Å². The first-order valence-corrected chi connectivity index (χ1v) is 24.6. The molecule has 0 fully saturated rings. The molecule has 0 bridgehead atoms. The Labute approximate surface area is 401 Å². The van der Waals surface area contributed by atoms with Gasteiger partial charge in [-0.3, -0.25) is 0 Å². The van der Waals surface area contributed by atoms with Gasteiger partial charge in [-0.25, -0.2) is 0 Å². The quantitative estimate of drug-likeness (QED) is 0.128. The summed E-state index contributed by atoms with van der Waals surface area (Å²) in [6.45, 7) is 4.51. The first-order valence-electron chi connectivity index (χ1n) is 24.6. The number of hydrogen-bond donors (Lipinski definition) is 0. The lowest BCUT2D eigenvalue weighted by molar-refractivity contribution is 1.15. The van der Waals surface area contributed by atoms with Crippen molar-refractivity contribution in [1.29, 1.82) is 0 Å². The fourth-order valence-electron chi connectivity index (χ4n) is 12.7. The van der Waals surface area contributed by atoms with Crippen LogP contribution in [-0.4, -0.2) is 6.71 Å². The molecular weight excluding hydrogens is 832 g/mol. The van der Waals surface area contributed by atoms with E-state index in [2.05, 4.69) is 236 Å². The standard InChI is InChI=1S/C66H45BN2/c1-3-40-27-29-42-37-63-58(35-44(42)33-40)67-59-36-45-34-41(4-2)28-30-43(45)38-64(59)69(60-24-13-23-56-52-19-9-7-18-50(52)51-20-11-12-22-55(51)65(56)60)62-26-14-25-61(66(62)67)68(63)46-31-32-54-49-17-6-5-15-47(49)48-16-8-10-21-53(48)57(54)39-46/h5-39H,3-4H2,1-2H3. The van der Waals surface area contributed by atoms with Crippen molar-refractivity contribution < 1.29 is 0 Å². The van der Waals surface area contributed by atoms with Crippen LogP contribution in [0.4, 0.5) is 34.1 Å². The molecule has 0 unspecified atom stereocenters. The maximum atomic E-state index is 2.63. The van der Waals surface area contributed by atoms with Gasteiger partial charge in [0.2, 0.25) is 0 Å². The number of rotatable bonds is 4. The third-order valence-electron chi connectivity index (χ3n) is 15.8. The average molecular weight is 877 g/mol. The van der Waals surface area contributed by atoms with E-state index in [1.54, 1.807) is 0 Å². The van der Waals surface area contributed by atoms with Crippen LogP contribution in [0.1, 0.15) is 25.0 Å². The average Bonchev–Trinajstić information content (AvgIpc) is 3.41. The number of hydrogen-bond acceptors (Lipinski definition) is 2. The number of aryl methyl sites for hydroxylation is 2. The Kier molecular flexibility index (Phi) is 8.16. The fourth-order valence-corrected chi connectivity index (χ4v) is 12.7. The van der Waals surface area contributed by atoms with E-state index in [0.29, 0.717) is 0 Å². The van der Waals surface area contributed by atoms with Gasteiger partial charge in [0, 0.05) is 33.8 Å². The molecule has 322 valence electrons. The number of anilines is 6. The van der Waals surface area contributed by atoms with E-state index in [9.17, 15) is 0 Å². The van der Waals surface area contributed by atoms with Gasteiger partial charge in [0.15, 0.2) is 0 Å². The van der Waals surface area contributed by atoms with E-state index in [0.717, 1.165) is 18.5 Å². The van der Waals surface area contributed by atoms with Crippen LogP contribution in [0, 0.1) is 0 Å². The van der Waals surface area contributed by atoms with E-state index in [1.807, 2.05) is 0 Å².